The van der Waals surface area contributed by atoms with E-state index in [0.717, 1.165) is 37.0 Å². The molecule has 158 valence electrons. The molecule has 0 aliphatic carbocycles. The van der Waals surface area contributed by atoms with Crippen molar-refractivity contribution < 1.29 is 26.9 Å². The minimum absolute atomic E-state index is 0.275. The van der Waals surface area contributed by atoms with Crippen LogP contribution in [0, 0.1) is 0 Å². The highest BCUT2D eigenvalue weighted by Crippen LogP contribution is 2.11. The van der Waals surface area contributed by atoms with Gasteiger partial charge in [-0.25, -0.2) is 8.42 Å². The van der Waals surface area contributed by atoms with Gasteiger partial charge < -0.3 is 18.5 Å². The molecule has 0 spiro atoms. The maximum absolute atomic E-state index is 10.9. The van der Waals surface area contributed by atoms with Gasteiger partial charge in [0.15, 0.2) is 0 Å². The van der Waals surface area contributed by atoms with Crippen LogP contribution in [0.15, 0.2) is 0 Å². The van der Waals surface area contributed by atoms with Crippen LogP contribution in [-0.4, -0.2) is 76.3 Å². The van der Waals surface area contributed by atoms with E-state index in [2.05, 4.69) is 20.9 Å². The van der Waals surface area contributed by atoms with Gasteiger partial charge in [0.1, 0.15) is 6.54 Å². The molecule has 0 rings (SSSR count). The van der Waals surface area contributed by atoms with Gasteiger partial charge in [0.25, 0.3) is 0 Å². The highest BCUT2D eigenvalue weighted by atomic mass is 32.2. The Hall–Kier alpha value is -0.210. The Bertz CT molecular complexity index is 416. The zero-order valence-electron chi connectivity index (χ0n) is 17.2. The van der Waals surface area contributed by atoms with Crippen LogP contribution in [0.25, 0.3) is 0 Å². The molecule has 0 heterocycles. The van der Waals surface area contributed by atoms with E-state index >= 15 is 0 Å². The van der Waals surface area contributed by atoms with Crippen LogP contribution in [-0.2, 0) is 19.6 Å². The Kier molecular flexibility index (Phi) is 15.7. The van der Waals surface area contributed by atoms with Crippen LogP contribution in [0.5, 0.6) is 0 Å². The molecule has 0 aliphatic rings. The molecule has 0 aliphatic heterocycles. The fraction of sp³-hybridized carbons (Fsp3) is 1.00. The van der Waals surface area contributed by atoms with Gasteiger partial charge >= 0.3 is 0 Å². The third kappa shape index (κ3) is 17.2. The van der Waals surface area contributed by atoms with E-state index in [0.29, 0.717) is 32.8 Å². The molecular formula is C19H41NO5S. The molecule has 0 saturated carbocycles. The second-order valence-corrected chi connectivity index (χ2v) is 8.92. The zero-order valence-corrected chi connectivity index (χ0v) is 18.0. The predicted molar refractivity (Wildman–Crippen MR) is 105 cm³/mol. The molecule has 0 N–H and O–H groups in total. The fourth-order valence-corrected chi connectivity index (χ4v) is 3.47. The third-order valence-corrected chi connectivity index (χ3v) is 5.43. The number of nitrogens with zero attached hydrogens (tertiary/aromatic N) is 1. The summed E-state index contributed by atoms with van der Waals surface area (Å²) in [6.45, 7) is 9.42. The number of hydrogen-bond donors (Lipinski definition) is 0. The van der Waals surface area contributed by atoms with Crippen molar-refractivity contribution in [2.75, 3.05) is 58.9 Å². The van der Waals surface area contributed by atoms with Crippen LogP contribution >= 0.6 is 0 Å². The molecule has 0 radical (unpaired) electrons. The fourth-order valence-electron chi connectivity index (χ4n) is 2.98. The van der Waals surface area contributed by atoms with E-state index in [4.69, 9.17) is 9.47 Å². The SMILES string of the molecule is CCCCCCCC[N+](C)(CCCS(=O)(=O)[O-])CCOCCOCCC. The van der Waals surface area contributed by atoms with E-state index in [1.807, 2.05) is 0 Å². The number of quaternary nitrogens is 1. The first kappa shape index (κ1) is 25.8. The van der Waals surface area contributed by atoms with Gasteiger partial charge in [-0.15, -0.1) is 0 Å². The van der Waals surface area contributed by atoms with Crippen molar-refractivity contribution in [2.45, 2.75) is 65.2 Å². The summed E-state index contributed by atoms with van der Waals surface area (Å²) in [6, 6.07) is 0. The summed E-state index contributed by atoms with van der Waals surface area (Å²) in [5, 5.41) is 0. The molecule has 0 aromatic heterocycles. The number of likely N-dealkylation sites (N-methyl/N-ethyl adjacent to an activating group) is 1. The molecule has 6 nitrogen and oxygen atoms in total. The summed E-state index contributed by atoms with van der Waals surface area (Å²) in [6.07, 6.45) is 8.85. The zero-order chi connectivity index (χ0) is 19.7. The van der Waals surface area contributed by atoms with E-state index in [1.165, 1.54) is 32.1 Å². The predicted octanol–water partition coefficient (Wildman–Crippen LogP) is 3.17. The molecule has 7 heteroatoms. The van der Waals surface area contributed by atoms with Crippen molar-refractivity contribution in [3.63, 3.8) is 0 Å². The first-order chi connectivity index (χ1) is 12.3. The van der Waals surface area contributed by atoms with Crippen LogP contribution in [0.2, 0.25) is 0 Å². The van der Waals surface area contributed by atoms with Crippen molar-refractivity contribution in [2.24, 2.45) is 0 Å². The second kappa shape index (κ2) is 15.8. The minimum Gasteiger partial charge on any atom is -0.748 e. The molecule has 26 heavy (non-hydrogen) atoms. The lowest BCUT2D eigenvalue weighted by Gasteiger charge is -2.35. The normalized spacial score (nSPS) is 14.5. The van der Waals surface area contributed by atoms with Gasteiger partial charge in [-0.1, -0.05) is 39.5 Å². The van der Waals surface area contributed by atoms with Gasteiger partial charge in [-0.2, -0.15) is 0 Å². The van der Waals surface area contributed by atoms with Gasteiger partial charge in [-0.05, 0) is 19.3 Å². The van der Waals surface area contributed by atoms with Crippen molar-refractivity contribution >= 4 is 10.1 Å². The van der Waals surface area contributed by atoms with Gasteiger partial charge in [0.2, 0.25) is 0 Å². The molecule has 1 atom stereocenters. The van der Waals surface area contributed by atoms with E-state index < -0.39 is 10.1 Å². The molecule has 0 fully saturated rings. The number of rotatable bonds is 19. The van der Waals surface area contributed by atoms with Crippen molar-refractivity contribution in [3.05, 3.63) is 0 Å². The highest BCUT2D eigenvalue weighted by Gasteiger charge is 2.21. The summed E-state index contributed by atoms with van der Waals surface area (Å²) in [7, 11) is -1.99. The largest absolute Gasteiger partial charge is 0.748 e. The highest BCUT2D eigenvalue weighted by molar-refractivity contribution is 7.85. The third-order valence-electron chi connectivity index (χ3n) is 4.64. The topological polar surface area (TPSA) is 75.7 Å². The Morgan fingerprint density at radius 3 is 1.92 bits per heavy atom. The lowest BCUT2D eigenvalue weighted by atomic mass is 10.1. The van der Waals surface area contributed by atoms with Crippen molar-refractivity contribution in [3.8, 4) is 0 Å². The number of hydrogen-bond acceptors (Lipinski definition) is 5. The van der Waals surface area contributed by atoms with E-state index in [-0.39, 0.29) is 5.75 Å². The standard InChI is InChI=1S/C19H41NO5S/c1-4-6-7-8-9-10-12-20(3,13-11-19-26(21,22)23)14-16-25-18-17-24-15-5-2/h4-19H2,1-3H3. The Morgan fingerprint density at radius 1 is 0.731 bits per heavy atom. The van der Waals surface area contributed by atoms with Gasteiger partial charge in [0, 0.05) is 18.8 Å². The van der Waals surface area contributed by atoms with Gasteiger partial charge in [-0.3, -0.25) is 0 Å². The number of ether oxygens (including phenoxy) is 2. The molecule has 1 unspecified atom stereocenters. The molecule has 0 amide bonds. The maximum atomic E-state index is 10.9. The molecule has 0 saturated heterocycles. The molecule has 0 aromatic rings. The van der Waals surface area contributed by atoms with E-state index in [1.54, 1.807) is 0 Å². The quantitative estimate of drug-likeness (QED) is 0.191. The first-order valence-corrected chi connectivity index (χ1v) is 11.8. The lowest BCUT2D eigenvalue weighted by Crippen LogP contribution is -2.48. The summed E-state index contributed by atoms with van der Waals surface area (Å²) in [4.78, 5) is 0. The Labute approximate surface area is 161 Å². The molecule has 0 bridgehead atoms. The summed E-state index contributed by atoms with van der Waals surface area (Å²) < 4.78 is 44.4. The van der Waals surface area contributed by atoms with Crippen LogP contribution in [0.4, 0.5) is 0 Å². The van der Waals surface area contributed by atoms with Crippen LogP contribution in [0.3, 0.4) is 0 Å². The maximum Gasteiger partial charge on any atom is 0.102 e. The number of unbranched alkanes of at least 4 members (excludes halogenated alkanes) is 5. The average Bonchev–Trinajstić information content (AvgIpc) is 2.56. The second-order valence-electron chi connectivity index (χ2n) is 7.40. The van der Waals surface area contributed by atoms with E-state index in [9.17, 15) is 13.0 Å². The Balaban J connectivity index is 4.16. The van der Waals surface area contributed by atoms with Crippen LogP contribution in [0.1, 0.15) is 65.2 Å². The molecular weight excluding hydrogens is 354 g/mol. The Morgan fingerprint density at radius 2 is 1.31 bits per heavy atom. The summed E-state index contributed by atoms with van der Waals surface area (Å²) >= 11 is 0. The first-order valence-electron chi connectivity index (χ1n) is 10.3. The van der Waals surface area contributed by atoms with Gasteiger partial charge in [0.05, 0.1) is 50.1 Å². The van der Waals surface area contributed by atoms with Crippen LogP contribution < -0.4 is 0 Å². The molecule has 0 aromatic carbocycles. The monoisotopic (exact) mass is 395 g/mol. The van der Waals surface area contributed by atoms with Crippen molar-refractivity contribution in [1.29, 1.82) is 0 Å². The minimum atomic E-state index is -4.13. The smallest absolute Gasteiger partial charge is 0.102 e. The summed E-state index contributed by atoms with van der Waals surface area (Å²) in [5.41, 5.74) is 0. The average molecular weight is 396 g/mol. The lowest BCUT2D eigenvalue weighted by molar-refractivity contribution is -0.910. The van der Waals surface area contributed by atoms with Crippen molar-refractivity contribution in [1.82, 2.24) is 0 Å². The summed E-state index contributed by atoms with van der Waals surface area (Å²) in [5.74, 6) is -0.275.